The predicted molar refractivity (Wildman–Crippen MR) is 60.2 cm³/mol. The molecule has 0 saturated carbocycles. The molecule has 0 saturated heterocycles. The molecule has 0 aromatic heterocycles. The van der Waals surface area contributed by atoms with Gasteiger partial charge in [-0.1, -0.05) is 31.2 Å². The minimum Gasteiger partial charge on any atom is -0.373 e. The molecule has 0 heterocycles. The third-order valence-corrected chi connectivity index (χ3v) is 2.11. The Bertz CT molecular complexity index is 331. The first-order valence-corrected chi connectivity index (χ1v) is 5.21. The minimum absolute atomic E-state index is 0.162. The molecule has 0 N–H and O–H groups in total. The molecule has 0 fully saturated rings. The van der Waals surface area contributed by atoms with Crippen LogP contribution in [0.1, 0.15) is 24.5 Å². The van der Waals surface area contributed by atoms with Crippen molar-refractivity contribution < 1.29 is 9.13 Å². The van der Waals surface area contributed by atoms with Crippen LogP contribution in [0, 0.1) is 12.7 Å². The maximum atomic E-state index is 12.9. The number of hydrogen-bond acceptors (Lipinski definition) is 1. The maximum Gasteiger partial charge on any atom is 0.126 e. The molecule has 15 heavy (non-hydrogen) atoms. The average molecular weight is 208 g/mol. The fraction of sp³-hybridized carbons (Fsp3) is 0.385. The van der Waals surface area contributed by atoms with Crippen LogP contribution < -0.4 is 0 Å². The Morgan fingerprint density at radius 2 is 2.13 bits per heavy atom. The molecule has 1 aromatic rings. The number of rotatable bonds is 5. The Hall–Kier alpha value is -1.15. The van der Waals surface area contributed by atoms with Crippen LogP contribution in [0.3, 0.4) is 0 Å². The van der Waals surface area contributed by atoms with E-state index < -0.39 is 0 Å². The van der Waals surface area contributed by atoms with Crippen molar-refractivity contribution >= 4 is 0 Å². The van der Waals surface area contributed by atoms with Crippen molar-refractivity contribution in [3.05, 3.63) is 47.3 Å². The van der Waals surface area contributed by atoms with Crippen molar-refractivity contribution in [1.29, 1.82) is 0 Å². The zero-order valence-corrected chi connectivity index (χ0v) is 9.29. The molecule has 0 spiro atoms. The van der Waals surface area contributed by atoms with E-state index >= 15 is 0 Å². The Morgan fingerprint density at radius 3 is 2.80 bits per heavy atom. The second kappa shape index (κ2) is 6.36. The summed E-state index contributed by atoms with van der Waals surface area (Å²) in [5.74, 6) is -0.162. The first-order chi connectivity index (χ1) is 7.24. The van der Waals surface area contributed by atoms with Gasteiger partial charge in [0.2, 0.25) is 0 Å². The monoisotopic (exact) mass is 208 g/mol. The summed E-state index contributed by atoms with van der Waals surface area (Å²) >= 11 is 0. The molecular formula is C13H17FO. The van der Waals surface area contributed by atoms with E-state index in [1.54, 1.807) is 13.0 Å². The number of halogens is 1. The van der Waals surface area contributed by atoms with E-state index in [1.165, 1.54) is 6.07 Å². The molecule has 1 nitrogen and oxygen atoms in total. The molecule has 0 amide bonds. The van der Waals surface area contributed by atoms with Gasteiger partial charge < -0.3 is 4.74 Å². The number of benzene rings is 1. The number of hydrogen-bond donors (Lipinski definition) is 0. The topological polar surface area (TPSA) is 9.23 Å². The molecule has 1 aromatic carbocycles. The molecule has 0 unspecified atom stereocenters. The quantitative estimate of drug-likeness (QED) is 0.530. The van der Waals surface area contributed by atoms with E-state index in [4.69, 9.17) is 4.74 Å². The number of aryl methyl sites for hydroxylation is 1. The molecule has 0 radical (unpaired) electrons. The summed E-state index contributed by atoms with van der Waals surface area (Å²) in [6.45, 7) is 5.00. The smallest absolute Gasteiger partial charge is 0.126 e. The van der Waals surface area contributed by atoms with Crippen molar-refractivity contribution in [2.75, 3.05) is 6.61 Å². The Balaban J connectivity index is 2.38. The van der Waals surface area contributed by atoms with Crippen LogP contribution in [0.2, 0.25) is 0 Å². The van der Waals surface area contributed by atoms with E-state index in [0.717, 1.165) is 12.0 Å². The van der Waals surface area contributed by atoms with Crippen LogP contribution in [0.15, 0.2) is 30.4 Å². The third kappa shape index (κ3) is 4.26. The highest BCUT2D eigenvalue weighted by Gasteiger charge is 1.98. The van der Waals surface area contributed by atoms with E-state index in [-0.39, 0.29) is 5.82 Å². The van der Waals surface area contributed by atoms with Crippen LogP contribution in [-0.4, -0.2) is 6.61 Å². The van der Waals surface area contributed by atoms with Crippen LogP contribution in [0.4, 0.5) is 4.39 Å². The standard InChI is InChI=1S/C13H17FO/c1-3-4-5-8-15-10-12-6-7-13(14)11(2)9-12/h4-7,9H,3,8,10H2,1-2H3/b5-4+. The van der Waals surface area contributed by atoms with Crippen LogP contribution in [-0.2, 0) is 11.3 Å². The average Bonchev–Trinajstić information content (AvgIpc) is 2.23. The van der Waals surface area contributed by atoms with Crippen LogP contribution in [0.25, 0.3) is 0 Å². The molecule has 0 aliphatic rings. The molecule has 82 valence electrons. The summed E-state index contributed by atoms with van der Waals surface area (Å²) in [7, 11) is 0. The van der Waals surface area contributed by atoms with Crippen molar-refractivity contribution in [1.82, 2.24) is 0 Å². The molecule has 0 aliphatic carbocycles. The number of allylic oxidation sites excluding steroid dienone is 1. The van der Waals surface area contributed by atoms with E-state index in [1.807, 2.05) is 12.1 Å². The summed E-state index contributed by atoms with van der Waals surface area (Å²) in [4.78, 5) is 0. The molecule has 0 bridgehead atoms. The van der Waals surface area contributed by atoms with E-state index in [0.29, 0.717) is 18.8 Å². The molecule has 0 atom stereocenters. The van der Waals surface area contributed by atoms with Gasteiger partial charge in [0.15, 0.2) is 0 Å². The molecule has 0 aliphatic heterocycles. The number of ether oxygens (including phenoxy) is 1. The SMILES string of the molecule is CC/C=C/COCc1ccc(F)c(C)c1. The largest absolute Gasteiger partial charge is 0.373 e. The Morgan fingerprint density at radius 1 is 1.33 bits per heavy atom. The van der Waals surface area contributed by atoms with Gasteiger partial charge in [0.1, 0.15) is 5.82 Å². The summed E-state index contributed by atoms with van der Waals surface area (Å²) in [5, 5.41) is 0. The van der Waals surface area contributed by atoms with Crippen molar-refractivity contribution in [2.45, 2.75) is 26.9 Å². The summed E-state index contributed by atoms with van der Waals surface area (Å²) < 4.78 is 18.3. The summed E-state index contributed by atoms with van der Waals surface area (Å²) in [6, 6.07) is 5.06. The van der Waals surface area contributed by atoms with E-state index in [9.17, 15) is 4.39 Å². The predicted octanol–water partition coefficient (Wildman–Crippen LogP) is 3.62. The minimum atomic E-state index is -0.162. The van der Waals surface area contributed by atoms with Gasteiger partial charge in [0.25, 0.3) is 0 Å². The van der Waals surface area contributed by atoms with Gasteiger partial charge in [0, 0.05) is 0 Å². The fourth-order valence-electron chi connectivity index (χ4n) is 1.28. The van der Waals surface area contributed by atoms with Gasteiger partial charge in [-0.05, 0) is 30.5 Å². The first-order valence-electron chi connectivity index (χ1n) is 5.21. The lowest BCUT2D eigenvalue weighted by molar-refractivity contribution is 0.148. The lowest BCUT2D eigenvalue weighted by Crippen LogP contribution is -1.94. The van der Waals surface area contributed by atoms with Crippen molar-refractivity contribution in [3.63, 3.8) is 0 Å². The lowest BCUT2D eigenvalue weighted by atomic mass is 10.1. The van der Waals surface area contributed by atoms with Crippen molar-refractivity contribution in [3.8, 4) is 0 Å². The highest BCUT2D eigenvalue weighted by molar-refractivity contribution is 5.23. The Kier molecular flexibility index (Phi) is 5.05. The maximum absolute atomic E-state index is 12.9. The summed E-state index contributed by atoms with van der Waals surface area (Å²) in [5.41, 5.74) is 1.68. The van der Waals surface area contributed by atoms with Crippen LogP contribution >= 0.6 is 0 Å². The van der Waals surface area contributed by atoms with Gasteiger partial charge in [-0.2, -0.15) is 0 Å². The van der Waals surface area contributed by atoms with Crippen molar-refractivity contribution in [2.24, 2.45) is 0 Å². The highest BCUT2D eigenvalue weighted by atomic mass is 19.1. The van der Waals surface area contributed by atoms with Gasteiger partial charge in [0.05, 0.1) is 13.2 Å². The molecule has 2 heteroatoms. The van der Waals surface area contributed by atoms with Gasteiger partial charge in [-0.3, -0.25) is 0 Å². The van der Waals surface area contributed by atoms with E-state index in [2.05, 4.69) is 13.0 Å². The lowest BCUT2D eigenvalue weighted by Gasteiger charge is -2.03. The van der Waals surface area contributed by atoms with Crippen LogP contribution in [0.5, 0.6) is 0 Å². The van der Waals surface area contributed by atoms with Gasteiger partial charge in [-0.25, -0.2) is 4.39 Å². The molecule has 1 rings (SSSR count). The Labute approximate surface area is 90.6 Å². The fourth-order valence-corrected chi connectivity index (χ4v) is 1.28. The normalized spacial score (nSPS) is 11.1. The zero-order valence-electron chi connectivity index (χ0n) is 9.29. The first kappa shape index (κ1) is 11.9. The zero-order chi connectivity index (χ0) is 11.1. The molecular weight excluding hydrogens is 191 g/mol. The second-order valence-corrected chi connectivity index (χ2v) is 3.48. The van der Waals surface area contributed by atoms with Gasteiger partial charge >= 0.3 is 0 Å². The third-order valence-electron chi connectivity index (χ3n) is 2.11. The van der Waals surface area contributed by atoms with Gasteiger partial charge in [-0.15, -0.1) is 0 Å². The highest BCUT2D eigenvalue weighted by Crippen LogP contribution is 2.09. The summed E-state index contributed by atoms with van der Waals surface area (Å²) in [6.07, 6.45) is 5.09. The second-order valence-electron chi connectivity index (χ2n) is 3.48.